The molecule has 1 unspecified atom stereocenters. The molecule has 0 bridgehead atoms. The second-order valence-electron chi connectivity index (χ2n) is 7.79. The number of H-pyrrole nitrogens is 1. The summed E-state index contributed by atoms with van der Waals surface area (Å²) < 4.78 is 5.71. The first-order valence-corrected chi connectivity index (χ1v) is 10.1. The Morgan fingerprint density at radius 1 is 1.24 bits per heavy atom. The smallest absolute Gasteiger partial charge is 0.251 e. The Kier molecular flexibility index (Phi) is 5.71. The molecule has 3 aromatic rings. The van der Waals surface area contributed by atoms with E-state index in [1.165, 1.54) is 11.6 Å². The van der Waals surface area contributed by atoms with Crippen LogP contribution in [0.15, 0.2) is 59.7 Å². The highest BCUT2D eigenvalue weighted by Crippen LogP contribution is 2.27. The van der Waals surface area contributed by atoms with Crippen molar-refractivity contribution in [2.24, 2.45) is 0 Å². The van der Waals surface area contributed by atoms with Crippen molar-refractivity contribution in [1.82, 2.24) is 19.9 Å². The lowest BCUT2D eigenvalue weighted by molar-refractivity contribution is 0.242. The molecule has 1 atom stereocenters. The number of likely N-dealkylation sites (tertiary alicyclic amines) is 1. The Morgan fingerprint density at radius 3 is 2.79 bits per heavy atom. The van der Waals surface area contributed by atoms with Crippen LogP contribution in [0.5, 0.6) is 5.75 Å². The van der Waals surface area contributed by atoms with Gasteiger partial charge in [-0.15, -0.1) is 0 Å². The maximum Gasteiger partial charge on any atom is 0.251 e. The fraction of sp³-hybridized carbons (Fsp3) is 0.348. The molecule has 29 heavy (non-hydrogen) atoms. The normalized spacial score (nSPS) is 17.0. The molecular formula is C23H26N4O2. The molecule has 1 aromatic carbocycles. The Balaban J connectivity index is 1.43. The van der Waals surface area contributed by atoms with E-state index in [4.69, 9.17) is 9.72 Å². The van der Waals surface area contributed by atoms with Crippen molar-refractivity contribution in [2.45, 2.75) is 38.8 Å². The molecule has 3 heterocycles. The summed E-state index contributed by atoms with van der Waals surface area (Å²) >= 11 is 0. The molecule has 1 saturated heterocycles. The van der Waals surface area contributed by atoms with Gasteiger partial charge < -0.3 is 9.72 Å². The van der Waals surface area contributed by atoms with Crippen LogP contribution in [0, 0.1) is 0 Å². The quantitative estimate of drug-likeness (QED) is 0.696. The predicted molar refractivity (Wildman–Crippen MR) is 113 cm³/mol. The van der Waals surface area contributed by atoms with E-state index in [1.54, 1.807) is 12.4 Å². The van der Waals surface area contributed by atoms with Crippen LogP contribution >= 0.6 is 0 Å². The zero-order chi connectivity index (χ0) is 20.2. The van der Waals surface area contributed by atoms with Gasteiger partial charge >= 0.3 is 0 Å². The third-order valence-electron chi connectivity index (χ3n) is 5.08. The van der Waals surface area contributed by atoms with Gasteiger partial charge in [0.25, 0.3) is 5.56 Å². The zero-order valence-corrected chi connectivity index (χ0v) is 16.8. The van der Waals surface area contributed by atoms with Crippen molar-refractivity contribution in [2.75, 3.05) is 13.1 Å². The molecule has 1 N–H and O–H groups in total. The van der Waals surface area contributed by atoms with E-state index in [-0.39, 0.29) is 17.6 Å². The third-order valence-corrected chi connectivity index (χ3v) is 5.08. The summed E-state index contributed by atoms with van der Waals surface area (Å²) in [5, 5.41) is 0. The molecule has 0 radical (unpaired) electrons. The fourth-order valence-electron chi connectivity index (χ4n) is 3.74. The average Bonchev–Trinajstić information content (AvgIpc) is 3.18. The maximum absolute atomic E-state index is 12.2. The molecule has 0 amide bonds. The van der Waals surface area contributed by atoms with Crippen LogP contribution in [0.25, 0.3) is 11.3 Å². The summed E-state index contributed by atoms with van der Waals surface area (Å²) in [5.41, 5.74) is 2.68. The molecule has 0 spiro atoms. The largest absolute Gasteiger partial charge is 0.491 e. The van der Waals surface area contributed by atoms with Gasteiger partial charge in [0.15, 0.2) is 0 Å². The highest BCUT2D eigenvalue weighted by molar-refractivity contribution is 5.56. The van der Waals surface area contributed by atoms with Crippen molar-refractivity contribution in [1.29, 1.82) is 0 Å². The minimum Gasteiger partial charge on any atom is -0.491 e. The molecule has 150 valence electrons. The monoisotopic (exact) mass is 390 g/mol. The van der Waals surface area contributed by atoms with Gasteiger partial charge in [0.1, 0.15) is 11.6 Å². The zero-order valence-electron chi connectivity index (χ0n) is 16.8. The standard InChI is InChI=1S/C23H26N4O2/c1-16(2)29-20-7-5-17(6-8-20)14-27-11-9-19(15-27)23-25-21(12-22(28)26-23)18-4-3-10-24-13-18/h3-8,10,12-13,16,19H,9,11,14-15H2,1-2H3,(H,25,26,28). The highest BCUT2D eigenvalue weighted by Gasteiger charge is 2.26. The number of hydrogen-bond donors (Lipinski definition) is 1. The van der Waals surface area contributed by atoms with Gasteiger partial charge in [0.05, 0.1) is 11.8 Å². The number of ether oxygens (including phenoxy) is 1. The number of benzene rings is 1. The topological polar surface area (TPSA) is 71.1 Å². The molecule has 0 saturated carbocycles. The molecular weight excluding hydrogens is 364 g/mol. The van der Waals surface area contributed by atoms with Crippen molar-refractivity contribution >= 4 is 0 Å². The third kappa shape index (κ3) is 4.90. The summed E-state index contributed by atoms with van der Waals surface area (Å²) in [6.07, 6.45) is 4.61. The lowest BCUT2D eigenvalue weighted by atomic mass is 10.1. The maximum atomic E-state index is 12.2. The molecule has 2 aromatic heterocycles. The van der Waals surface area contributed by atoms with E-state index in [0.29, 0.717) is 5.69 Å². The average molecular weight is 390 g/mol. The van der Waals surface area contributed by atoms with Gasteiger partial charge in [-0.25, -0.2) is 4.98 Å². The van der Waals surface area contributed by atoms with Gasteiger partial charge in [-0.3, -0.25) is 14.7 Å². The lowest BCUT2D eigenvalue weighted by Gasteiger charge is -2.17. The summed E-state index contributed by atoms with van der Waals surface area (Å²) in [6, 6.07) is 13.6. The van der Waals surface area contributed by atoms with Gasteiger partial charge in [-0.1, -0.05) is 12.1 Å². The van der Waals surface area contributed by atoms with Gasteiger partial charge in [-0.2, -0.15) is 0 Å². The number of aromatic amines is 1. The minimum absolute atomic E-state index is 0.118. The van der Waals surface area contributed by atoms with Crippen molar-refractivity contribution < 1.29 is 4.74 Å². The second-order valence-corrected chi connectivity index (χ2v) is 7.79. The first-order valence-electron chi connectivity index (χ1n) is 10.1. The van der Waals surface area contributed by atoms with Crippen LogP contribution in [0.3, 0.4) is 0 Å². The van der Waals surface area contributed by atoms with Crippen molar-refractivity contribution in [3.63, 3.8) is 0 Å². The van der Waals surface area contributed by atoms with Crippen LogP contribution < -0.4 is 10.3 Å². The SMILES string of the molecule is CC(C)Oc1ccc(CN2CCC(c3nc(-c4cccnc4)cc(=O)[nH]3)C2)cc1. The van der Waals surface area contributed by atoms with E-state index < -0.39 is 0 Å². The first kappa shape index (κ1) is 19.3. The van der Waals surface area contributed by atoms with Crippen LogP contribution in [0.1, 0.15) is 37.6 Å². The molecule has 4 rings (SSSR count). The van der Waals surface area contributed by atoms with Gasteiger partial charge in [0, 0.05) is 43.0 Å². The van der Waals surface area contributed by atoms with Crippen molar-refractivity contribution in [3.8, 4) is 17.0 Å². The van der Waals surface area contributed by atoms with Gasteiger partial charge in [-0.05, 0) is 56.6 Å². The minimum atomic E-state index is -0.118. The fourth-order valence-corrected chi connectivity index (χ4v) is 3.74. The molecule has 0 aliphatic carbocycles. The Hall–Kier alpha value is -2.99. The Bertz CT molecular complexity index is 999. The van der Waals surface area contributed by atoms with Crippen LogP contribution in [0.4, 0.5) is 0 Å². The number of rotatable bonds is 6. The molecule has 1 aliphatic rings. The molecule has 1 fully saturated rings. The lowest BCUT2D eigenvalue weighted by Crippen LogP contribution is -2.21. The molecule has 1 aliphatic heterocycles. The van der Waals surface area contributed by atoms with Crippen LogP contribution in [-0.2, 0) is 6.54 Å². The summed E-state index contributed by atoms with van der Waals surface area (Å²) in [4.78, 5) is 26.4. The van der Waals surface area contributed by atoms with E-state index in [2.05, 4.69) is 27.0 Å². The van der Waals surface area contributed by atoms with E-state index in [0.717, 1.165) is 43.2 Å². The number of nitrogens with one attached hydrogen (secondary N) is 1. The Morgan fingerprint density at radius 2 is 2.07 bits per heavy atom. The summed E-state index contributed by atoms with van der Waals surface area (Å²) in [7, 11) is 0. The van der Waals surface area contributed by atoms with E-state index >= 15 is 0 Å². The number of nitrogens with zero attached hydrogens (tertiary/aromatic N) is 3. The predicted octanol–water partition coefficient (Wildman–Crippen LogP) is 3.61. The Labute approximate surface area is 170 Å². The van der Waals surface area contributed by atoms with Crippen molar-refractivity contribution in [3.05, 3.63) is 76.6 Å². The molecule has 6 nitrogen and oxygen atoms in total. The van der Waals surface area contributed by atoms with E-state index in [9.17, 15) is 4.79 Å². The number of pyridine rings is 1. The number of aromatic nitrogens is 3. The van der Waals surface area contributed by atoms with Crippen LogP contribution in [-0.4, -0.2) is 39.0 Å². The van der Waals surface area contributed by atoms with E-state index in [1.807, 2.05) is 38.1 Å². The summed E-state index contributed by atoms with van der Waals surface area (Å²) in [5.74, 6) is 1.89. The summed E-state index contributed by atoms with van der Waals surface area (Å²) in [6.45, 7) is 6.80. The first-order chi connectivity index (χ1) is 14.1. The number of hydrogen-bond acceptors (Lipinski definition) is 5. The highest BCUT2D eigenvalue weighted by atomic mass is 16.5. The second kappa shape index (κ2) is 8.57. The van der Waals surface area contributed by atoms with Gasteiger partial charge in [0.2, 0.25) is 0 Å². The molecule has 6 heteroatoms. The van der Waals surface area contributed by atoms with Crippen LogP contribution in [0.2, 0.25) is 0 Å².